The predicted molar refractivity (Wildman–Crippen MR) is 165 cm³/mol. The maximum atomic E-state index is 14.1. The molecule has 1 saturated heterocycles. The first-order chi connectivity index (χ1) is 20.4. The number of primary amides is 1. The fraction of sp³-hybridized carbons (Fsp3) is 0.806. The van der Waals surface area contributed by atoms with Crippen LogP contribution in [-0.2, 0) is 28.7 Å². The molecule has 0 aromatic rings. The van der Waals surface area contributed by atoms with Crippen molar-refractivity contribution in [3.05, 3.63) is 0 Å². The minimum Gasteiger partial charge on any atom is -0.458 e. The Balaban J connectivity index is 2.28. The summed E-state index contributed by atoms with van der Waals surface area (Å²) in [7, 11) is 0. The van der Waals surface area contributed by atoms with Crippen LogP contribution in [0.5, 0.6) is 0 Å². The SMILES string of the molecule is CCC(C)NC(NC(=O)C1CCCN1C(=O)C(NC(=O)NC(C(=O)OC(C)(C)C)C(C)(C)C)C1CCCCC1)C(=O)C(N)=O. The van der Waals surface area contributed by atoms with Crippen LogP contribution in [0.1, 0.15) is 107 Å². The van der Waals surface area contributed by atoms with Crippen LogP contribution in [0.4, 0.5) is 4.79 Å². The summed E-state index contributed by atoms with van der Waals surface area (Å²) in [6.45, 7) is 14.7. The number of nitrogens with zero attached hydrogens (tertiary/aromatic N) is 1. The summed E-state index contributed by atoms with van der Waals surface area (Å²) in [4.78, 5) is 79.5. The molecular weight excluding hydrogens is 568 g/mol. The number of ketones is 1. The molecule has 250 valence electrons. The van der Waals surface area contributed by atoms with Crippen LogP contribution in [0.2, 0.25) is 0 Å². The summed E-state index contributed by atoms with van der Waals surface area (Å²) in [5.74, 6) is -3.89. The second-order valence-electron chi connectivity index (χ2n) is 14.2. The highest BCUT2D eigenvalue weighted by atomic mass is 16.6. The molecule has 0 spiro atoms. The van der Waals surface area contributed by atoms with Gasteiger partial charge >= 0.3 is 12.0 Å². The van der Waals surface area contributed by atoms with Crippen molar-refractivity contribution in [3.8, 4) is 0 Å². The largest absolute Gasteiger partial charge is 0.458 e. The predicted octanol–water partition coefficient (Wildman–Crippen LogP) is 1.87. The van der Waals surface area contributed by atoms with Crippen LogP contribution in [0, 0.1) is 11.3 Å². The van der Waals surface area contributed by atoms with Gasteiger partial charge < -0.3 is 31.3 Å². The Bertz CT molecular complexity index is 1060. The van der Waals surface area contributed by atoms with Crippen LogP contribution in [0.3, 0.4) is 0 Å². The number of ether oxygens (including phenoxy) is 1. The van der Waals surface area contributed by atoms with E-state index in [1.54, 1.807) is 27.7 Å². The van der Waals surface area contributed by atoms with Crippen molar-refractivity contribution in [1.29, 1.82) is 0 Å². The van der Waals surface area contributed by atoms with E-state index >= 15 is 0 Å². The Kier molecular flexibility index (Phi) is 13.2. The summed E-state index contributed by atoms with van der Waals surface area (Å²) in [5, 5.41) is 11.1. The Morgan fingerprint density at radius 3 is 2.02 bits per heavy atom. The number of Topliss-reactive ketones (excluding diaryl/α,β-unsaturated/α-hetero) is 1. The second-order valence-corrected chi connectivity index (χ2v) is 14.2. The average molecular weight is 623 g/mol. The summed E-state index contributed by atoms with van der Waals surface area (Å²) >= 11 is 0. The Morgan fingerprint density at radius 1 is 0.886 bits per heavy atom. The van der Waals surface area contributed by atoms with Crippen molar-refractivity contribution < 1.29 is 33.5 Å². The molecule has 6 N–H and O–H groups in total. The molecule has 1 aliphatic carbocycles. The number of hydrogen-bond acceptors (Lipinski definition) is 8. The van der Waals surface area contributed by atoms with Gasteiger partial charge in [0.25, 0.3) is 11.7 Å². The third-order valence-electron chi connectivity index (χ3n) is 8.15. The van der Waals surface area contributed by atoms with Gasteiger partial charge in [-0.2, -0.15) is 0 Å². The zero-order valence-electron chi connectivity index (χ0n) is 27.7. The summed E-state index contributed by atoms with van der Waals surface area (Å²) in [6, 6.07) is -3.67. The molecular formula is C31H54N6O7. The number of amides is 5. The van der Waals surface area contributed by atoms with Gasteiger partial charge in [-0.3, -0.25) is 24.5 Å². The van der Waals surface area contributed by atoms with Crippen molar-refractivity contribution in [2.75, 3.05) is 6.54 Å². The van der Waals surface area contributed by atoms with E-state index in [1.807, 2.05) is 27.7 Å². The van der Waals surface area contributed by atoms with Crippen molar-refractivity contribution in [3.63, 3.8) is 0 Å². The molecule has 13 heteroatoms. The molecule has 2 fully saturated rings. The average Bonchev–Trinajstić information content (AvgIpc) is 3.42. The van der Waals surface area contributed by atoms with Gasteiger partial charge in [0.1, 0.15) is 29.9 Å². The summed E-state index contributed by atoms with van der Waals surface area (Å²) < 4.78 is 5.55. The Labute approximate surface area is 261 Å². The van der Waals surface area contributed by atoms with Gasteiger partial charge in [0, 0.05) is 12.6 Å². The monoisotopic (exact) mass is 622 g/mol. The normalized spacial score (nSPS) is 20.5. The summed E-state index contributed by atoms with van der Waals surface area (Å²) in [5.41, 5.74) is 3.79. The summed E-state index contributed by atoms with van der Waals surface area (Å²) in [6.07, 6.45) is 4.50. The molecule has 5 amide bonds. The number of esters is 1. The molecule has 0 radical (unpaired) electrons. The van der Waals surface area contributed by atoms with E-state index in [4.69, 9.17) is 10.5 Å². The van der Waals surface area contributed by atoms with Gasteiger partial charge in [0.2, 0.25) is 11.8 Å². The van der Waals surface area contributed by atoms with E-state index in [-0.39, 0.29) is 12.0 Å². The maximum Gasteiger partial charge on any atom is 0.329 e. The molecule has 1 heterocycles. The number of hydrogen-bond donors (Lipinski definition) is 5. The van der Waals surface area contributed by atoms with E-state index in [0.29, 0.717) is 25.8 Å². The molecule has 13 nitrogen and oxygen atoms in total. The maximum absolute atomic E-state index is 14.1. The molecule has 2 aliphatic rings. The van der Waals surface area contributed by atoms with Crippen LogP contribution in [0.25, 0.3) is 0 Å². The van der Waals surface area contributed by atoms with Crippen molar-refractivity contribution in [2.45, 2.75) is 143 Å². The second kappa shape index (κ2) is 15.7. The fourth-order valence-electron chi connectivity index (χ4n) is 5.60. The lowest BCUT2D eigenvalue weighted by Crippen LogP contribution is -2.62. The highest BCUT2D eigenvalue weighted by Gasteiger charge is 2.43. The minimum absolute atomic E-state index is 0.155. The molecule has 5 atom stereocenters. The minimum atomic E-state index is -1.33. The van der Waals surface area contributed by atoms with E-state index < -0.39 is 70.8 Å². The lowest BCUT2D eigenvalue weighted by molar-refractivity contribution is -0.160. The number of carbonyl (C=O) groups excluding carboxylic acids is 6. The fourth-order valence-corrected chi connectivity index (χ4v) is 5.60. The first-order valence-electron chi connectivity index (χ1n) is 15.9. The standard InChI is InChI=1S/C31H54N6O7/c1-9-18(2)33-25(22(38)24(32)39)36-26(40)20-16-13-17-37(20)27(41)21(19-14-11-10-12-15-19)34-29(43)35-23(30(3,4)5)28(42)44-31(6,7)8/h18-21,23,25,33H,9-17H2,1-8H3,(H2,32,39)(H,36,40)(H2,34,35,43). The van der Waals surface area contributed by atoms with Gasteiger partial charge in [-0.1, -0.05) is 47.0 Å². The molecule has 44 heavy (non-hydrogen) atoms. The Morgan fingerprint density at radius 2 is 1.50 bits per heavy atom. The molecule has 1 aliphatic heterocycles. The van der Waals surface area contributed by atoms with Crippen LogP contribution < -0.4 is 27.0 Å². The van der Waals surface area contributed by atoms with Crippen LogP contribution in [0.15, 0.2) is 0 Å². The zero-order valence-corrected chi connectivity index (χ0v) is 27.7. The van der Waals surface area contributed by atoms with Crippen molar-refractivity contribution in [1.82, 2.24) is 26.2 Å². The van der Waals surface area contributed by atoms with Crippen molar-refractivity contribution >= 4 is 35.5 Å². The van der Waals surface area contributed by atoms with Crippen molar-refractivity contribution in [2.24, 2.45) is 17.1 Å². The molecule has 5 unspecified atom stereocenters. The number of urea groups is 1. The lowest BCUT2D eigenvalue weighted by atomic mass is 9.83. The number of likely N-dealkylation sites (tertiary alicyclic amines) is 1. The number of carbonyl (C=O) groups is 6. The first-order valence-corrected chi connectivity index (χ1v) is 15.9. The molecule has 1 saturated carbocycles. The van der Waals surface area contributed by atoms with Gasteiger partial charge in [-0.15, -0.1) is 0 Å². The lowest BCUT2D eigenvalue weighted by Gasteiger charge is -2.36. The van der Waals surface area contributed by atoms with Gasteiger partial charge in [-0.25, -0.2) is 9.59 Å². The molecule has 0 bridgehead atoms. The van der Waals surface area contributed by atoms with E-state index in [1.165, 1.54) is 4.90 Å². The topological polar surface area (TPSA) is 189 Å². The van der Waals surface area contributed by atoms with E-state index in [0.717, 1.165) is 32.1 Å². The highest BCUT2D eigenvalue weighted by Crippen LogP contribution is 2.30. The molecule has 0 aromatic heterocycles. The molecule has 0 aromatic carbocycles. The third-order valence-corrected chi connectivity index (χ3v) is 8.15. The van der Waals surface area contributed by atoms with Crippen LogP contribution in [-0.4, -0.2) is 82.9 Å². The zero-order chi connectivity index (χ0) is 33.4. The van der Waals surface area contributed by atoms with Gasteiger partial charge in [-0.05, 0) is 71.1 Å². The number of nitrogens with two attached hydrogens (primary N) is 1. The highest BCUT2D eigenvalue weighted by molar-refractivity contribution is 6.37. The van der Waals surface area contributed by atoms with Gasteiger partial charge in [0.05, 0.1) is 0 Å². The van der Waals surface area contributed by atoms with Gasteiger partial charge in [0.15, 0.2) is 0 Å². The first kappa shape index (κ1) is 37.0. The van der Waals surface area contributed by atoms with Crippen LogP contribution >= 0.6 is 0 Å². The van der Waals surface area contributed by atoms with E-state index in [9.17, 15) is 28.8 Å². The smallest absolute Gasteiger partial charge is 0.329 e. The number of rotatable bonds is 12. The Hall–Kier alpha value is -3.22. The number of nitrogens with one attached hydrogen (secondary N) is 4. The molecule has 2 rings (SSSR count). The third kappa shape index (κ3) is 10.7. The van der Waals surface area contributed by atoms with E-state index in [2.05, 4.69) is 21.3 Å². The quantitative estimate of drug-likeness (QED) is 0.124.